The largest absolute Gasteiger partial charge is 0.342 e. The molecule has 2 atom stereocenters. The Labute approximate surface area is 149 Å². The van der Waals surface area contributed by atoms with Gasteiger partial charge in [0.05, 0.1) is 22.5 Å². The minimum atomic E-state index is -0.326. The molecule has 1 aromatic rings. The van der Waals surface area contributed by atoms with Crippen LogP contribution in [-0.2, 0) is 14.4 Å². The van der Waals surface area contributed by atoms with E-state index >= 15 is 0 Å². The molecule has 3 amide bonds. The zero-order chi connectivity index (χ0) is 17.3. The number of carbonyl (C=O) groups is 3. The van der Waals surface area contributed by atoms with Crippen molar-refractivity contribution >= 4 is 47.1 Å². The molecule has 0 spiro atoms. The predicted molar refractivity (Wildman–Crippen MR) is 90.9 cm³/mol. The SMILES string of the molecule is O=CN1CCN(C(=O)C2CC2C(=O)Nc2ccc(Cl)cc2Cl)CC1. The zero-order valence-electron chi connectivity index (χ0n) is 12.9. The summed E-state index contributed by atoms with van der Waals surface area (Å²) in [5.74, 6) is -0.820. The third-order valence-corrected chi connectivity index (χ3v) is 4.96. The second kappa shape index (κ2) is 6.99. The lowest BCUT2D eigenvalue weighted by atomic mass is 10.2. The summed E-state index contributed by atoms with van der Waals surface area (Å²) in [6.45, 7) is 2.12. The van der Waals surface area contributed by atoms with Crippen LogP contribution in [0.1, 0.15) is 6.42 Å². The van der Waals surface area contributed by atoms with Crippen LogP contribution in [0, 0.1) is 11.8 Å². The van der Waals surface area contributed by atoms with Crippen LogP contribution < -0.4 is 5.32 Å². The second-order valence-electron chi connectivity index (χ2n) is 6.03. The van der Waals surface area contributed by atoms with Gasteiger partial charge in [0, 0.05) is 31.2 Å². The molecular formula is C16H17Cl2N3O3. The van der Waals surface area contributed by atoms with Crippen LogP contribution in [-0.4, -0.2) is 54.2 Å². The van der Waals surface area contributed by atoms with Crippen molar-refractivity contribution in [2.75, 3.05) is 31.5 Å². The highest BCUT2D eigenvalue weighted by molar-refractivity contribution is 6.36. The quantitative estimate of drug-likeness (QED) is 0.823. The van der Waals surface area contributed by atoms with Crippen LogP contribution in [0.15, 0.2) is 18.2 Å². The Morgan fingerprint density at radius 3 is 2.46 bits per heavy atom. The monoisotopic (exact) mass is 369 g/mol. The topological polar surface area (TPSA) is 69.7 Å². The first-order valence-electron chi connectivity index (χ1n) is 7.73. The van der Waals surface area contributed by atoms with Gasteiger partial charge in [-0.1, -0.05) is 23.2 Å². The van der Waals surface area contributed by atoms with E-state index in [1.807, 2.05) is 0 Å². The van der Waals surface area contributed by atoms with Crippen molar-refractivity contribution in [2.45, 2.75) is 6.42 Å². The van der Waals surface area contributed by atoms with Crippen LogP contribution in [0.25, 0.3) is 0 Å². The van der Waals surface area contributed by atoms with Gasteiger partial charge >= 0.3 is 0 Å². The van der Waals surface area contributed by atoms with Gasteiger partial charge in [0.2, 0.25) is 18.2 Å². The summed E-state index contributed by atoms with van der Waals surface area (Å²) in [4.78, 5) is 38.8. The zero-order valence-corrected chi connectivity index (χ0v) is 14.4. The van der Waals surface area contributed by atoms with Crippen LogP contribution in [0.2, 0.25) is 10.0 Å². The number of halogens is 2. The minimum Gasteiger partial charge on any atom is -0.342 e. The summed E-state index contributed by atoms with van der Waals surface area (Å²) < 4.78 is 0. The van der Waals surface area contributed by atoms with E-state index in [1.54, 1.807) is 28.0 Å². The smallest absolute Gasteiger partial charge is 0.228 e. The van der Waals surface area contributed by atoms with Gasteiger partial charge in [-0.25, -0.2) is 0 Å². The van der Waals surface area contributed by atoms with Crippen molar-refractivity contribution in [1.29, 1.82) is 0 Å². The number of nitrogens with zero attached hydrogens (tertiary/aromatic N) is 2. The van der Waals surface area contributed by atoms with Gasteiger partial charge in [0.25, 0.3) is 0 Å². The van der Waals surface area contributed by atoms with Gasteiger partial charge in [-0.05, 0) is 24.6 Å². The molecule has 24 heavy (non-hydrogen) atoms. The lowest BCUT2D eigenvalue weighted by Gasteiger charge is -2.32. The molecule has 128 valence electrons. The van der Waals surface area contributed by atoms with Crippen molar-refractivity contribution in [1.82, 2.24) is 9.80 Å². The number of nitrogens with one attached hydrogen (secondary N) is 1. The Hall–Kier alpha value is -1.79. The normalized spacial score (nSPS) is 22.9. The third-order valence-electron chi connectivity index (χ3n) is 4.41. The predicted octanol–water partition coefficient (Wildman–Crippen LogP) is 1.87. The van der Waals surface area contributed by atoms with E-state index in [2.05, 4.69) is 5.32 Å². The summed E-state index contributed by atoms with van der Waals surface area (Å²) in [7, 11) is 0. The first-order chi connectivity index (χ1) is 11.5. The first-order valence-corrected chi connectivity index (χ1v) is 8.49. The number of rotatable bonds is 4. The molecule has 6 nitrogen and oxygen atoms in total. The second-order valence-corrected chi connectivity index (χ2v) is 6.87. The van der Waals surface area contributed by atoms with Crippen molar-refractivity contribution < 1.29 is 14.4 Å². The number of piperazine rings is 1. The standard InChI is InChI=1S/C16H17Cl2N3O3/c17-10-1-2-14(13(18)7-10)19-15(23)11-8-12(11)16(24)21-5-3-20(9-22)4-6-21/h1-2,7,9,11-12H,3-6,8H2,(H,19,23). The Morgan fingerprint density at radius 2 is 1.83 bits per heavy atom. The highest BCUT2D eigenvalue weighted by Crippen LogP contribution is 2.41. The highest BCUT2D eigenvalue weighted by atomic mass is 35.5. The van der Waals surface area contributed by atoms with Crippen LogP contribution in [0.3, 0.4) is 0 Å². The first kappa shape index (κ1) is 17.0. The Kier molecular flexibility index (Phi) is 4.96. The van der Waals surface area contributed by atoms with E-state index in [4.69, 9.17) is 23.2 Å². The van der Waals surface area contributed by atoms with Crippen molar-refractivity contribution in [3.8, 4) is 0 Å². The van der Waals surface area contributed by atoms with Crippen LogP contribution >= 0.6 is 23.2 Å². The molecule has 1 saturated carbocycles. The molecule has 1 aliphatic heterocycles. The average molecular weight is 370 g/mol. The fourth-order valence-electron chi connectivity index (χ4n) is 2.86. The van der Waals surface area contributed by atoms with E-state index in [1.165, 1.54) is 0 Å². The molecule has 1 heterocycles. The number of hydrogen-bond acceptors (Lipinski definition) is 3. The summed E-state index contributed by atoms with van der Waals surface area (Å²) in [5, 5.41) is 3.61. The number of hydrogen-bond donors (Lipinski definition) is 1. The molecule has 2 unspecified atom stereocenters. The number of benzene rings is 1. The molecule has 1 aliphatic carbocycles. The third kappa shape index (κ3) is 3.65. The number of anilines is 1. The maximum absolute atomic E-state index is 12.4. The molecular weight excluding hydrogens is 353 g/mol. The Morgan fingerprint density at radius 1 is 1.12 bits per heavy atom. The summed E-state index contributed by atoms with van der Waals surface area (Å²) >= 11 is 11.9. The summed E-state index contributed by atoms with van der Waals surface area (Å²) in [5.41, 5.74) is 0.490. The Balaban J connectivity index is 1.54. The number of carbonyl (C=O) groups excluding carboxylic acids is 3. The van der Waals surface area contributed by atoms with Gasteiger partial charge in [0.15, 0.2) is 0 Å². The molecule has 3 rings (SSSR count). The molecule has 0 radical (unpaired) electrons. The molecule has 1 N–H and O–H groups in total. The summed E-state index contributed by atoms with van der Waals surface area (Å²) in [6.07, 6.45) is 1.34. The molecule has 2 aliphatic rings. The Bertz CT molecular complexity index is 675. The van der Waals surface area contributed by atoms with E-state index < -0.39 is 0 Å². The van der Waals surface area contributed by atoms with Gasteiger partial charge in [-0.3, -0.25) is 14.4 Å². The van der Waals surface area contributed by atoms with Crippen LogP contribution in [0.4, 0.5) is 5.69 Å². The molecule has 8 heteroatoms. The maximum Gasteiger partial charge on any atom is 0.228 e. The molecule has 0 bridgehead atoms. The maximum atomic E-state index is 12.4. The summed E-state index contributed by atoms with van der Waals surface area (Å²) in [6, 6.07) is 4.84. The van der Waals surface area contributed by atoms with Crippen molar-refractivity contribution in [3.63, 3.8) is 0 Å². The van der Waals surface area contributed by atoms with E-state index in [0.717, 1.165) is 6.41 Å². The van der Waals surface area contributed by atoms with E-state index in [-0.39, 0.29) is 23.7 Å². The average Bonchev–Trinajstić information content (AvgIpc) is 3.37. The molecule has 1 saturated heterocycles. The highest BCUT2D eigenvalue weighted by Gasteiger charge is 2.49. The van der Waals surface area contributed by atoms with Gasteiger partial charge in [-0.2, -0.15) is 0 Å². The minimum absolute atomic E-state index is 0.0112. The van der Waals surface area contributed by atoms with Gasteiger partial charge < -0.3 is 15.1 Å². The fraction of sp³-hybridized carbons (Fsp3) is 0.438. The lowest BCUT2D eigenvalue weighted by molar-refractivity contribution is -0.137. The number of amides is 3. The van der Waals surface area contributed by atoms with Crippen LogP contribution in [0.5, 0.6) is 0 Å². The van der Waals surface area contributed by atoms with Gasteiger partial charge in [0.1, 0.15) is 0 Å². The molecule has 1 aromatic carbocycles. The van der Waals surface area contributed by atoms with Gasteiger partial charge in [-0.15, -0.1) is 0 Å². The van der Waals surface area contributed by atoms with E-state index in [0.29, 0.717) is 48.3 Å². The lowest BCUT2D eigenvalue weighted by Crippen LogP contribution is -2.48. The molecule has 2 fully saturated rings. The van der Waals surface area contributed by atoms with Crippen molar-refractivity contribution in [3.05, 3.63) is 28.2 Å². The fourth-order valence-corrected chi connectivity index (χ4v) is 3.31. The van der Waals surface area contributed by atoms with E-state index in [9.17, 15) is 14.4 Å². The molecule has 0 aromatic heterocycles. The van der Waals surface area contributed by atoms with Crippen molar-refractivity contribution in [2.24, 2.45) is 11.8 Å².